The number of halogens is 1. The maximum absolute atomic E-state index is 12.8. The van der Waals surface area contributed by atoms with Crippen molar-refractivity contribution in [3.63, 3.8) is 0 Å². The Morgan fingerprint density at radius 2 is 2.00 bits per heavy atom. The van der Waals surface area contributed by atoms with Crippen LogP contribution in [-0.2, 0) is 0 Å². The second-order valence-electron chi connectivity index (χ2n) is 3.23. The van der Waals surface area contributed by atoms with Gasteiger partial charge in [0.25, 0.3) is 0 Å². The third-order valence-electron chi connectivity index (χ3n) is 1.64. The van der Waals surface area contributed by atoms with Gasteiger partial charge in [0.15, 0.2) is 0 Å². The molecule has 0 saturated carbocycles. The van der Waals surface area contributed by atoms with E-state index in [1.165, 1.54) is 11.6 Å². The molecule has 12 heavy (non-hydrogen) atoms. The Hall–Kier alpha value is -1.11. The number of rotatable bonds is 1. The Kier molecular flexibility index (Phi) is 2.64. The molecule has 0 atom stereocenters. The summed E-state index contributed by atoms with van der Waals surface area (Å²) in [5.74, 6) is -0.138. The lowest BCUT2D eigenvalue weighted by atomic mass is 10.1. The summed E-state index contributed by atoms with van der Waals surface area (Å²) >= 11 is 0. The van der Waals surface area contributed by atoms with Gasteiger partial charge in [-0.2, -0.15) is 0 Å². The molecule has 0 N–H and O–H groups in total. The molecule has 0 aliphatic rings. The van der Waals surface area contributed by atoms with Crippen molar-refractivity contribution in [3.05, 3.63) is 40.7 Å². The smallest absolute Gasteiger partial charge is 0.126 e. The van der Waals surface area contributed by atoms with Gasteiger partial charge in [0.05, 0.1) is 0 Å². The van der Waals surface area contributed by atoms with Gasteiger partial charge in [-0.1, -0.05) is 17.7 Å². The van der Waals surface area contributed by atoms with Crippen molar-refractivity contribution >= 4 is 6.08 Å². The van der Waals surface area contributed by atoms with Crippen LogP contribution in [0.5, 0.6) is 0 Å². The molecular weight excluding hydrogens is 151 g/mol. The van der Waals surface area contributed by atoms with Crippen molar-refractivity contribution < 1.29 is 4.39 Å². The Labute approximate surface area is 72.7 Å². The van der Waals surface area contributed by atoms with E-state index in [1.54, 1.807) is 13.0 Å². The molecule has 1 heteroatoms. The summed E-state index contributed by atoms with van der Waals surface area (Å²) in [5, 5.41) is 0. The van der Waals surface area contributed by atoms with E-state index in [0.717, 1.165) is 5.56 Å². The van der Waals surface area contributed by atoms with Gasteiger partial charge in [0, 0.05) is 0 Å². The van der Waals surface area contributed by atoms with Crippen molar-refractivity contribution in [3.8, 4) is 0 Å². The van der Waals surface area contributed by atoms with Crippen molar-refractivity contribution in [2.24, 2.45) is 0 Å². The topological polar surface area (TPSA) is 0 Å². The van der Waals surface area contributed by atoms with E-state index in [-0.39, 0.29) is 5.82 Å². The van der Waals surface area contributed by atoms with Crippen LogP contribution in [0, 0.1) is 12.7 Å². The maximum Gasteiger partial charge on any atom is 0.126 e. The van der Waals surface area contributed by atoms with Crippen LogP contribution < -0.4 is 0 Å². The number of allylic oxidation sites excluding steroid dienone is 1. The molecule has 0 heterocycles. The molecule has 0 amide bonds. The van der Waals surface area contributed by atoms with Gasteiger partial charge in [-0.25, -0.2) is 4.39 Å². The van der Waals surface area contributed by atoms with Crippen LogP contribution in [0.1, 0.15) is 25.0 Å². The van der Waals surface area contributed by atoms with Crippen LogP contribution in [0.4, 0.5) is 4.39 Å². The molecule has 0 bridgehead atoms. The average molecular weight is 164 g/mol. The minimum atomic E-state index is -0.138. The number of hydrogen-bond acceptors (Lipinski definition) is 0. The number of benzene rings is 1. The molecule has 1 aromatic rings. The fourth-order valence-electron chi connectivity index (χ4n) is 1.09. The summed E-state index contributed by atoms with van der Waals surface area (Å²) < 4.78 is 12.8. The lowest BCUT2D eigenvalue weighted by Crippen LogP contribution is -1.82. The summed E-state index contributed by atoms with van der Waals surface area (Å²) in [6, 6.07) is 5.14. The Morgan fingerprint density at radius 1 is 1.33 bits per heavy atom. The zero-order chi connectivity index (χ0) is 9.14. The molecular formula is C11H13F. The first-order valence-electron chi connectivity index (χ1n) is 4.00. The van der Waals surface area contributed by atoms with Crippen LogP contribution in [0.3, 0.4) is 0 Å². The van der Waals surface area contributed by atoms with Crippen molar-refractivity contribution in [2.45, 2.75) is 20.8 Å². The number of aryl methyl sites for hydroxylation is 1. The predicted octanol–water partition coefficient (Wildman–Crippen LogP) is 3.56. The van der Waals surface area contributed by atoms with Gasteiger partial charge in [-0.05, 0) is 44.0 Å². The first-order valence-corrected chi connectivity index (χ1v) is 4.00. The molecule has 0 aliphatic heterocycles. The van der Waals surface area contributed by atoms with Gasteiger partial charge in [0.1, 0.15) is 5.82 Å². The fraction of sp³-hybridized carbons (Fsp3) is 0.273. The molecule has 1 aromatic carbocycles. The average Bonchev–Trinajstić information content (AvgIpc) is 1.96. The van der Waals surface area contributed by atoms with Gasteiger partial charge >= 0.3 is 0 Å². The molecule has 0 nitrogen and oxygen atoms in total. The predicted molar refractivity (Wildman–Crippen MR) is 50.5 cm³/mol. The summed E-state index contributed by atoms with van der Waals surface area (Å²) in [6.07, 6.45) is 2.03. The van der Waals surface area contributed by atoms with E-state index < -0.39 is 0 Å². The minimum absolute atomic E-state index is 0.138. The van der Waals surface area contributed by atoms with Crippen molar-refractivity contribution in [2.75, 3.05) is 0 Å². The third-order valence-corrected chi connectivity index (χ3v) is 1.64. The van der Waals surface area contributed by atoms with Crippen molar-refractivity contribution in [1.29, 1.82) is 0 Å². The number of hydrogen-bond donors (Lipinski definition) is 0. The van der Waals surface area contributed by atoms with Crippen LogP contribution in [0.15, 0.2) is 23.8 Å². The maximum atomic E-state index is 12.8. The first-order chi connectivity index (χ1) is 5.59. The standard InChI is InChI=1S/C11H13F/c1-8(2)6-10-4-5-11(12)9(3)7-10/h4-7H,1-3H3. The van der Waals surface area contributed by atoms with Gasteiger partial charge in [0.2, 0.25) is 0 Å². The van der Waals surface area contributed by atoms with E-state index in [4.69, 9.17) is 0 Å². The molecule has 0 fully saturated rings. The van der Waals surface area contributed by atoms with Crippen LogP contribution >= 0.6 is 0 Å². The highest BCUT2D eigenvalue weighted by molar-refractivity contribution is 5.52. The normalized spacial score (nSPS) is 9.67. The lowest BCUT2D eigenvalue weighted by molar-refractivity contribution is 0.618. The van der Waals surface area contributed by atoms with E-state index >= 15 is 0 Å². The zero-order valence-corrected chi connectivity index (χ0v) is 7.69. The summed E-state index contributed by atoms with van der Waals surface area (Å²) in [7, 11) is 0. The van der Waals surface area contributed by atoms with Gasteiger partial charge < -0.3 is 0 Å². The molecule has 0 saturated heterocycles. The fourth-order valence-corrected chi connectivity index (χ4v) is 1.09. The molecule has 64 valence electrons. The monoisotopic (exact) mass is 164 g/mol. The highest BCUT2D eigenvalue weighted by atomic mass is 19.1. The van der Waals surface area contributed by atoms with E-state index in [0.29, 0.717) is 5.56 Å². The molecule has 0 aromatic heterocycles. The highest BCUT2D eigenvalue weighted by Gasteiger charge is 1.95. The summed E-state index contributed by atoms with van der Waals surface area (Å²) in [6.45, 7) is 5.83. The molecule has 0 unspecified atom stereocenters. The second kappa shape index (κ2) is 3.53. The Bertz CT molecular complexity index is 307. The largest absolute Gasteiger partial charge is 0.207 e. The van der Waals surface area contributed by atoms with E-state index in [9.17, 15) is 4.39 Å². The molecule has 0 radical (unpaired) electrons. The molecule has 1 rings (SSSR count). The molecule has 0 spiro atoms. The summed E-state index contributed by atoms with van der Waals surface area (Å²) in [5.41, 5.74) is 2.99. The third kappa shape index (κ3) is 2.19. The Morgan fingerprint density at radius 3 is 2.50 bits per heavy atom. The van der Waals surface area contributed by atoms with Gasteiger partial charge in [-0.15, -0.1) is 0 Å². The quantitative estimate of drug-likeness (QED) is 0.595. The van der Waals surface area contributed by atoms with Crippen molar-refractivity contribution in [1.82, 2.24) is 0 Å². The molecule has 0 aliphatic carbocycles. The van der Waals surface area contributed by atoms with E-state index in [2.05, 4.69) is 0 Å². The van der Waals surface area contributed by atoms with Crippen LogP contribution in [-0.4, -0.2) is 0 Å². The SMILES string of the molecule is CC(C)=Cc1ccc(F)c(C)c1. The minimum Gasteiger partial charge on any atom is -0.207 e. The highest BCUT2D eigenvalue weighted by Crippen LogP contribution is 2.11. The zero-order valence-electron chi connectivity index (χ0n) is 7.69. The Balaban J connectivity index is 3.05. The van der Waals surface area contributed by atoms with Crippen LogP contribution in [0.25, 0.3) is 6.08 Å². The summed E-state index contributed by atoms with van der Waals surface area (Å²) in [4.78, 5) is 0. The van der Waals surface area contributed by atoms with E-state index in [1.807, 2.05) is 26.0 Å². The first kappa shape index (κ1) is 8.98. The lowest BCUT2D eigenvalue weighted by Gasteiger charge is -1.98. The van der Waals surface area contributed by atoms with Gasteiger partial charge in [-0.3, -0.25) is 0 Å². The second-order valence-corrected chi connectivity index (χ2v) is 3.23. The van der Waals surface area contributed by atoms with Crippen LogP contribution in [0.2, 0.25) is 0 Å².